The number of anilines is 2. The monoisotopic (exact) mass is 380 g/mol. The van der Waals surface area contributed by atoms with E-state index in [-0.39, 0.29) is 24.2 Å². The predicted molar refractivity (Wildman–Crippen MR) is 109 cm³/mol. The SMILES string of the molecule is C=CCNC(=O)Nc1ccc(NC(=O)Cc2c(C)[nH]c3ccc(F)cc23)cc1. The molecule has 0 aliphatic rings. The van der Waals surface area contributed by atoms with Gasteiger partial charge in [0.1, 0.15) is 5.82 Å². The van der Waals surface area contributed by atoms with E-state index in [0.717, 1.165) is 16.8 Å². The normalized spacial score (nSPS) is 10.5. The van der Waals surface area contributed by atoms with Crippen LogP contribution in [0.4, 0.5) is 20.6 Å². The van der Waals surface area contributed by atoms with Crippen molar-refractivity contribution in [3.05, 3.63) is 72.2 Å². The van der Waals surface area contributed by atoms with Gasteiger partial charge in [0.05, 0.1) is 6.42 Å². The summed E-state index contributed by atoms with van der Waals surface area (Å²) in [7, 11) is 0. The Labute approximate surface area is 161 Å². The quantitative estimate of drug-likeness (QED) is 0.485. The van der Waals surface area contributed by atoms with E-state index in [4.69, 9.17) is 0 Å². The van der Waals surface area contributed by atoms with Gasteiger partial charge in [0.2, 0.25) is 5.91 Å². The number of fused-ring (bicyclic) bond motifs is 1. The molecule has 28 heavy (non-hydrogen) atoms. The number of carbonyl (C=O) groups is 2. The van der Waals surface area contributed by atoms with Crippen LogP contribution in [0.25, 0.3) is 10.9 Å². The fourth-order valence-corrected chi connectivity index (χ4v) is 2.93. The molecule has 0 fully saturated rings. The maximum atomic E-state index is 13.6. The van der Waals surface area contributed by atoms with Crippen molar-refractivity contribution in [1.82, 2.24) is 10.3 Å². The van der Waals surface area contributed by atoms with Gasteiger partial charge in [-0.25, -0.2) is 9.18 Å². The highest BCUT2D eigenvalue weighted by atomic mass is 19.1. The van der Waals surface area contributed by atoms with Crippen molar-refractivity contribution >= 4 is 34.2 Å². The van der Waals surface area contributed by atoms with Crippen molar-refractivity contribution in [3.8, 4) is 0 Å². The summed E-state index contributed by atoms with van der Waals surface area (Å²) < 4.78 is 13.6. The van der Waals surface area contributed by atoms with Gasteiger partial charge in [0.25, 0.3) is 0 Å². The van der Waals surface area contributed by atoms with Crippen molar-refractivity contribution in [1.29, 1.82) is 0 Å². The molecule has 0 atom stereocenters. The zero-order valence-corrected chi connectivity index (χ0v) is 15.4. The van der Waals surface area contributed by atoms with Gasteiger partial charge < -0.3 is 20.9 Å². The molecule has 3 rings (SSSR count). The van der Waals surface area contributed by atoms with Crippen LogP contribution in [0.2, 0.25) is 0 Å². The van der Waals surface area contributed by atoms with Gasteiger partial charge in [0.15, 0.2) is 0 Å². The van der Waals surface area contributed by atoms with Crippen LogP contribution in [-0.4, -0.2) is 23.5 Å². The molecular formula is C21H21FN4O2. The minimum atomic E-state index is -0.339. The number of rotatable bonds is 6. The molecule has 0 bridgehead atoms. The van der Waals surface area contributed by atoms with E-state index in [0.29, 0.717) is 23.3 Å². The van der Waals surface area contributed by atoms with E-state index in [1.54, 1.807) is 36.4 Å². The summed E-state index contributed by atoms with van der Waals surface area (Å²) in [6.07, 6.45) is 1.71. The largest absolute Gasteiger partial charge is 0.358 e. The number of aromatic nitrogens is 1. The molecule has 6 nitrogen and oxygen atoms in total. The predicted octanol–water partition coefficient (Wildman–Crippen LogP) is 4.10. The van der Waals surface area contributed by atoms with E-state index >= 15 is 0 Å². The maximum absolute atomic E-state index is 13.6. The highest BCUT2D eigenvalue weighted by molar-refractivity contribution is 5.97. The highest BCUT2D eigenvalue weighted by Crippen LogP contribution is 2.24. The molecule has 4 N–H and O–H groups in total. The topological polar surface area (TPSA) is 86.0 Å². The Morgan fingerprint density at radius 3 is 2.46 bits per heavy atom. The Morgan fingerprint density at radius 2 is 1.79 bits per heavy atom. The number of aryl methyl sites for hydroxylation is 1. The fourth-order valence-electron chi connectivity index (χ4n) is 2.93. The van der Waals surface area contributed by atoms with Crippen molar-refractivity contribution in [2.45, 2.75) is 13.3 Å². The summed E-state index contributed by atoms with van der Waals surface area (Å²) in [6, 6.07) is 10.9. The summed E-state index contributed by atoms with van der Waals surface area (Å²) in [4.78, 5) is 27.2. The van der Waals surface area contributed by atoms with E-state index in [9.17, 15) is 14.0 Å². The fraction of sp³-hybridized carbons (Fsp3) is 0.143. The number of hydrogen-bond acceptors (Lipinski definition) is 2. The molecule has 0 spiro atoms. The first-order valence-electron chi connectivity index (χ1n) is 8.78. The van der Waals surface area contributed by atoms with Crippen molar-refractivity contribution in [2.24, 2.45) is 0 Å². The number of halogens is 1. The Bertz CT molecular complexity index is 1020. The number of hydrogen-bond donors (Lipinski definition) is 4. The molecule has 7 heteroatoms. The number of urea groups is 1. The lowest BCUT2D eigenvalue weighted by molar-refractivity contribution is -0.115. The second-order valence-electron chi connectivity index (χ2n) is 6.34. The first-order valence-corrected chi connectivity index (χ1v) is 8.78. The van der Waals surface area contributed by atoms with Crippen LogP contribution in [-0.2, 0) is 11.2 Å². The first-order chi connectivity index (χ1) is 13.5. The van der Waals surface area contributed by atoms with Crippen LogP contribution in [0, 0.1) is 12.7 Å². The van der Waals surface area contributed by atoms with Gasteiger partial charge in [-0.2, -0.15) is 0 Å². The molecule has 1 heterocycles. The molecule has 0 saturated carbocycles. The maximum Gasteiger partial charge on any atom is 0.319 e. The Hall–Kier alpha value is -3.61. The molecule has 1 aromatic heterocycles. The summed E-state index contributed by atoms with van der Waals surface area (Å²) in [5.41, 5.74) is 3.60. The summed E-state index contributed by atoms with van der Waals surface area (Å²) >= 11 is 0. The lowest BCUT2D eigenvalue weighted by atomic mass is 10.1. The van der Waals surface area contributed by atoms with Crippen LogP contribution in [0.3, 0.4) is 0 Å². The molecule has 2 aromatic carbocycles. The summed E-state index contributed by atoms with van der Waals surface area (Å²) in [5, 5.41) is 8.80. The van der Waals surface area contributed by atoms with Crippen LogP contribution < -0.4 is 16.0 Å². The molecular weight excluding hydrogens is 359 g/mol. The van der Waals surface area contributed by atoms with Gasteiger partial charge in [-0.3, -0.25) is 4.79 Å². The van der Waals surface area contributed by atoms with Crippen LogP contribution in [0.15, 0.2) is 55.1 Å². The lowest BCUT2D eigenvalue weighted by Gasteiger charge is -2.09. The van der Waals surface area contributed by atoms with E-state index in [1.807, 2.05) is 6.92 Å². The number of H-pyrrole nitrogens is 1. The zero-order chi connectivity index (χ0) is 20.1. The van der Waals surface area contributed by atoms with E-state index < -0.39 is 0 Å². The molecule has 3 amide bonds. The number of benzene rings is 2. The van der Waals surface area contributed by atoms with Gasteiger partial charge in [0, 0.05) is 34.5 Å². The average Bonchev–Trinajstić information content (AvgIpc) is 2.96. The van der Waals surface area contributed by atoms with Crippen LogP contribution >= 0.6 is 0 Å². The summed E-state index contributed by atoms with van der Waals surface area (Å²) in [5.74, 6) is -0.550. The smallest absolute Gasteiger partial charge is 0.319 e. The number of amides is 3. The molecule has 0 unspecified atom stereocenters. The molecule has 144 valence electrons. The average molecular weight is 380 g/mol. The lowest BCUT2D eigenvalue weighted by Crippen LogP contribution is -2.28. The standard InChI is InChI=1S/C21H21FN4O2/c1-3-10-23-21(28)26-16-7-5-15(6-8-16)25-20(27)12-17-13(2)24-19-9-4-14(22)11-18(17)19/h3-9,11,24H,1,10,12H2,2H3,(H,25,27)(H2,23,26,28). The van der Waals surface area contributed by atoms with E-state index in [2.05, 4.69) is 27.5 Å². The van der Waals surface area contributed by atoms with Gasteiger partial charge in [-0.05, 0) is 55.0 Å². The Balaban J connectivity index is 1.64. The molecule has 0 aliphatic heterocycles. The molecule has 3 aromatic rings. The number of aromatic amines is 1. The molecule has 0 saturated heterocycles. The van der Waals surface area contributed by atoms with Crippen LogP contribution in [0.5, 0.6) is 0 Å². The van der Waals surface area contributed by atoms with Gasteiger partial charge in [-0.1, -0.05) is 6.08 Å². The second kappa shape index (κ2) is 8.39. The number of nitrogens with one attached hydrogen (secondary N) is 4. The Morgan fingerprint density at radius 1 is 1.11 bits per heavy atom. The third-order valence-corrected chi connectivity index (χ3v) is 4.25. The van der Waals surface area contributed by atoms with Crippen LogP contribution in [0.1, 0.15) is 11.3 Å². The van der Waals surface area contributed by atoms with Gasteiger partial charge >= 0.3 is 6.03 Å². The summed E-state index contributed by atoms with van der Waals surface area (Å²) in [6.45, 7) is 5.76. The third kappa shape index (κ3) is 4.56. The third-order valence-electron chi connectivity index (χ3n) is 4.25. The molecule has 0 radical (unpaired) electrons. The first kappa shape index (κ1) is 19.2. The van der Waals surface area contributed by atoms with E-state index in [1.165, 1.54) is 12.1 Å². The highest BCUT2D eigenvalue weighted by Gasteiger charge is 2.13. The minimum Gasteiger partial charge on any atom is -0.358 e. The number of carbonyl (C=O) groups excluding carboxylic acids is 2. The van der Waals surface area contributed by atoms with Crippen molar-refractivity contribution < 1.29 is 14.0 Å². The van der Waals surface area contributed by atoms with Crippen molar-refractivity contribution in [2.75, 3.05) is 17.2 Å². The second-order valence-corrected chi connectivity index (χ2v) is 6.34. The van der Waals surface area contributed by atoms with Crippen molar-refractivity contribution in [3.63, 3.8) is 0 Å². The van der Waals surface area contributed by atoms with Gasteiger partial charge in [-0.15, -0.1) is 6.58 Å². The Kier molecular flexibility index (Phi) is 5.74. The zero-order valence-electron chi connectivity index (χ0n) is 15.4. The molecule has 0 aliphatic carbocycles. The minimum absolute atomic E-state index is 0.124.